The van der Waals surface area contributed by atoms with Crippen LogP contribution in [0, 0.1) is 11.8 Å². The molecule has 0 unspecified atom stereocenters. The Morgan fingerprint density at radius 1 is 1.38 bits per heavy atom. The lowest BCUT2D eigenvalue weighted by Gasteiger charge is -2.09. The van der Waals surface area contributed by atoms with Crippen LogP contribution in [0.5, 0.6) is 5.75 Å². The van der Waals surface area contributed by atoms with Crippen molar-refractivity contribution in [3.8, 4) is 17.6 Å². The Morgan fingerprint density at radius 2 is 2.12 bits per heavy atom. The van der Waals surface area contributed by atoms with E-state index < -0.39 is 5.97 Å². The summed E-state index contributed by atoms with van der Waals surface area (Å²) >= 11 is 0. The first-order valence-electron chi connectivity index (χ1n) is 4.98. The summed E-state index contributed by atoms with van der Waals surface area (Å²) in [5.74, 6) is 5.26. The molecular weight excluding hydrogens is 204 g/mol. The van der Waals surface area contributed by atoms with E-state index in [4.69, 9.17) is 4.74 Å². The second kappa shape index (κ2) is 5.82. The third kappa shape index (κ3) is 4.05. The molecule has 0 aliphatic heterocycles. The van der Waals surface area contributed by atoms with E-state index in [1.807, 2.05) is 32.0 Å². The van der Waals surface area contributed by atoms with E-state index >= 15 is 0 Å². The molecule has 3 heteroatoms. The molecule has 0 aliphatic carbocycles. The van der Waals surface area contributed by atoms with Crippen LogP contribution in [0.3, 0.4) is 0 Å². The zero-order valence-electron chi connectivity index (χ0n) is 9.61. The topological polar surface area (TPSA) is 35.5 Å². The molecule has 0 bridgehead atoms. The van der Waals surface area contributed by atoms with Gasteiger partial charge in [-0.25, -0.2) is 4.79 Å². The lowest BCUT2D eigenvalue weighted by Crippen LogP contribution is -2.05. The van der Waals surface area contributed by atoms with Crippen molar-refractivity contribution in [3.05, 3.63) is 29.8 Å². The van der Waals surface area contributed by atoms with Crippen LogP contribution in [0.1, 0.15) is 19.4 Å². The van der Waals surface area contributed by atoms with E-state index in [1.54, 1.807) is 6.07 Å². The molecule has 0 N–H and O–H groups in total. The number of carbonyl (C=O) groups is 1. The normalized spacial score (nSPS) is 9.25. The van der Waals surface area contributed by atoms with Crippen LogP contribution < -0.4 is 4.74 Å². The van der Waals surface area contributed by atoms with Crippen molar-refractivity contribution in [1.29, 1.82) is 0 Å². The highest BCUT2D eigenvalue weighted by Gasteiger charge is 1.98. The highest BCUT2D eigenvalue weighted by molar-refractivity contribution is 5.89. The molecule has 0 fully saturated rings. The van der Waals surface area contributed by atoms with Gasteiger partial charge >= 0.3 is 5.97 Å². The molecule has 1 aromatic rings. The molecule has 1 rings (SSSR count). The molecular formula is C13H14O3. The summed E-state index contributed by atoms with van der Waals surface area (Å²) in [5.41, 5.74) is 0.726. The predicted octanol–water partition coefficient (Wildman–Crippen LogP) is 2.00. The SMILES string of the molecule is COC(=O)C#Cc1cccc(OC(C)C)c1. The number of rotatable bonds is 2. The first kappa shape index (κ1) is 12.1. The van der Waals surface area contributed by atoms with Crippen molar-refractivity contribution in [1.82, 2.24) is 0 Å². The maximum atomic E-state index is 10.8. The summed E-state index contributed by atoms with van der Waals surface area (Å²) in [6, 6.07) is 7.28. The summed E-state index contributed by atoms with van der Waals surface area (Å²) in [5, 5.41) is 0. The van der Waals surface area contributed by atoms with Crippen LogP contribution in [-0.2, 0) is 9.53 Å². The first-order valence-corrected chi connectivity index (χ1v) is 4.98. The van der Waals surface area contributed by atoms with E-state index in [9.17, 15) is 4.79 Å². The number of ether oxygens (including phenoxy) is 2. The molecule has 3 nitrogen and oxygen atoms in total. The molecule has 1 aromatic carbocycles. The van der Waals surface area contributed by atoms with E-state index in [1.165, 1.54) is 7.11 Å². The smallest absolute Gasteiger partial charge is 0.384 e. The fraction of sp³-hybridized carbons (Fsp3) is 0.308. The maximum absolute atomic E-state index is 10.8. The molecule has 0 saturated heterocycles. The van der Waals surface area contributed by atoms with Crippen molar-refractivity contribution in [2.24, 2.45) is 0 Å². The van der Waals surface area contributed by atoms with Gasteiger partial charge in [-0.2, -0.15) is 0 Å². The van der Waals surface area contributed by atoms with Gasteiger partial charge in [0.2, 0.25) is 0 Å². The zero-order chi connectivity index (χ0) is 12.0. The third-order valence-electron chi connectivity index (χ3n) is 1.70. The summed E-state index contributed by atoms with van der Waals surface area (Å²) in [4.78, 5) is 10.8. The highest BCUT2D eigenvalue weighted by Crippen LogP contribution is 2.13. The van der Waals surface area contributed by atoms with Gasteiger partial charge in [-0.3, -0.25) is 0 Å². The van der Waals surface area contributed by atoms with E-state index in [0.29, 0.717) is 0 Å². The fourth-order valence-electron chi connectivity index (χ4n) is 1.09. The van der Waals surface area contributed by atoms with Crippen LogP contribution in [0.2, 0.25) is 0 Å². The van der Waals surface area contributed by atoms with Gasteiger partial charge in [0.25, 0.3) is 0 Å². The van der Waals surface area contributed by atoms with Crippen LogP contribution in [-0.4, -0.2) is 19.2 Å². The third-order valence-corrected chi connectivity index (χ3v) is 1.70. The van der Waals surface area contributed by atoms with Crippen molar-refractivity contribution in [3.63, 3.8) is 0 Å². The van der Waals surface area contributed by atoms with Gasteiger partial charge in [-0.15, -0.1) is 0 Å². The average molecular weight is 218 g/mol. The minimum Gasteiger partial charge on any atom is -0.491 e. The monoisotopic (exact) mass is 218 g/mol. The van der Waals surface area contributed by atoms with E-state index in [2.05, 4.69) is 16.6 Å². The van der Waals surface area contributed by atoms with Gasteiger partial charge < -0.3 is 9.47 Å². The van der Waals surface area contributed by atoms with Crippen LogP contribution in [0.15, 0.2) is 24.3 Å². The van der Waals surface area contributed by atoms with Crippen LogP contribution in [0.25, 0.3) is 0 Å². The van der Waals surface area contributed by atoms with Gasteiger partial charge in [0.15, 0.2) is 0 Å². The molecule has 0 saturated carbocycles. The first-order chi connectivity index (χ1) is 7.61. The second-order valence-corrected chi connectivity index (χ2v) is 3.44. The Labute approximate surface area is 95.4 Å². The van der Waals surface area contributed by atoms with Gasteiger partial charge in [-0.05, 0) is 32.0 Å². The molecule has 0 aliphatic rings. The Kier molecular flexibility index (Phi) is 4.41. The van der Waals surface area contributed by atoms with Crippen LogP contribution >= 0.6 is 0 Å². The standard InChI is InChI=1S/C13H14O3/c1-10(2)16-12-6-4-5-11(9-12)7-8-13(14)15-3/h4-6,9-10H,1-3H3. The maximum Gasteiger partial charge on any atom is 0.384 e. The van der Waals surface area contributed by atoms with Gasteiger partial charge in [0.1, 0.15) is 5.75 Å². The van der Waals surface area contributed by atoms with E-state index in [-0.39, 0.29) is 6.10 Å². The zero-order valence-corrected chi connectivity index (χ0v) is 9.61. The number of hydrogen-bond donors (Lipinski definition) is 0. The van der Waals surface area contributed by atoms with Crippen LogP contribution in [0.4, 0.5) is 0 Å². The van der Waals surface area contributed by atoms with E-state index in [0.717, 1.165) is 11.3 Å². The Bertz CT molecular complexity index is 424. The molecule has 0 heterocycles. The quantitative estimate of drug-likeness (QED) is 0.562. The number of carbonyl (C=O) groups excluding carboxylic acids is 1. The highest BCUT2D eigenvalue weighted by atomic mass is 16.5. The number of benzene rings is 1. The minimum atomic E-state index is -0.546. The number of esters is 1. The molecule has 0 atom stereocenters. The molecule has 84 valence electrons. The molecule has 0 radical (unpaired) electrons. The summed E-state index contributed by atoms with van der Waals surface area (Å²) in [6.07, 6.45) is 0.115. The van der Waals surface area contributed by atoms with Gasteiger partial charge in [0.05, 0.1) is 13.2 Å². The molecule has 0 aromatic heterocycles. The molecule has 0 spiro atoms. The fourth-order valence-corrected chi connectivity index (χ4v) is 1.09. The Hall–Kier alpha value is -1.95. The summed E-state index contributed by atoms with van der Waals surface area (Å²) in [6.45, 7) is 3.90. The summed E-state index contributed by atoms with van der Waals surface area (Å²) < 4.78 is 9.93. The largest absolute Gasteiger partial charge is 0.491 e. The predicted molar refractivity (Wildman–Crippen MR) is 61.1 cm³/mol. The lowest BCUT2D eigenvalue weighted by atomic mass is 10.2. The molecule has 16 heavy (non-hydrogen) atoms. The van der Waals surface area contributed by atoms with Crippen molar-refractivity contribution >= 4 is 5.97 Å². The van der Waals surface area contributed by atoms with Gasteiger partial charge in [0, 0.05) is 11.5 Å². The lowest BCUT2D eigenvalue weighted by molar-refractivity contribution is -0.133. The summed E-state index contributed by atoms with van der Waals surface area (Å²) in [7, 11) is 1.30. The minimum absolute atomic E-state index is 0.115. The number of hydrogen-bond acceptors (Lipinski definition) is 3. The Morgan fingerprint density at radius 3 is 2.75 bits per heavy atom. The molecule has 0 amide bonds. The Balaban J connectivity index is 2.81. The van der Waals surface area contributed by atoms with Crippen molar-refractivity contribution in [2.75, 3.05) is 7.11 Å². The second-order valence-electron chi connectivity index (χ2n) is 3.44. The number of methoxy groups -OCH3 is 1. The average Bonchev–Trinajstić information content (AvgIpc) is 2.25. The van der Waals surface area contributed by atoms with Gasteiger partial charge in [-0.1, -0.05) is 12.0 Å². The van der Waals surface area contributed by atoms with Crippen molar-refractivity contribution < 1.29 is 14.3 Å². The van der Waals surface area contributed by atoms with Crippen molar-refractivity contribution in [2.45, 2.75) is 20.0 Å².